The molecule has 1 N–H and O–H groups in total. The maximum Gasteiger partial charge on any atom is 0.255 e. The van der Waals surface area contributed by atoms with Crippen LogP contribution in [0, 0.1) is 0 Å². The molecule has 3 aromatic carbocycles. The third kappa shape index (κ3) is 5.79. The highest BCUT2D eigenvalue weighted by Gasteiger charge is 2.55. The van der Waals surface area contributed by atoms with Crippen LogP contribution in [0.4, 0.5) is 5.69 Å². The lowest BCUT2D eigenvalue weighted by Gasteiger charge is -2.37. The summed E-state index contributed by atoms with van der Waals surface area (Å²) in [4.78, 5) is 24.3. The minimum absolute atomic E-state index is 0.0612. The van der Waals surface area contributed by atoms with Crippen LogP contribution in [0.25, 0.3) is 10.4 Å². The van der Waals surface area contributed by atoms with Crippen molar-refractivity contribution in [2.45, 2.75) is 24.5 Å². The smallest absolute Gasteiger partial charge is 0.255 e. The molecule has 10 nitrogen and oxygen atoms in total. The molecule has 10 heteroatoms. The van der Waals surface area contributed by atoms with Crippen molar-refractivity contribution in [3.63, 3.8) is 0 Å². The number of carbonyl (C=O) groups is 1. The van der Waals surface area contributed by atoms with Gasteiger partial charge in [0, 0.05) is 48.7 Å². The minimum Gasteiger partial charge on any atom is -0.494 e. The van der Waals surface area contributed by atoms with Crippen LogP contribution in [-0.4, -0.2) is 66.9 Å². The predicted octanol–water partition coefficient (Wildman–Crippen LogP) is 4.75. The van der Waals surface area contributed by atoms with Crippen LogP contribution in [-0.2, 0) is 20.7 Å². The molecule has 2 aliphatic heterocycles. The van der Waals surface area contributed by atoms with Crippen molar-refractivity contribution in [3.8, 4) is 5.75 Å². The normalized spacial score (nSPS) is 20.3. The number of rotatable bonds is 10. The Hall–Kier alpha value is -4.37. The fourth-order valence-electron chi connectivity index (χ4n) is 5.03. The van der Waals surface area contributed by atoms with E-state index in [0.717, 1.165) is 5.56 Å². The summed E-state index contributed by atoms with van der Waals surface area (Å²) in [5.74, 6) is 0.840. The van der Waals surface area contributed by atoms with Gasteiger partial charge >= 0.3 is 0 Å². The van der Waals surface area contributed by atoms with Crippen molar-refractivity contribution in [2.75, 3.05) is 39.5 Å². The van der Waals surface area contributed by atoms with Gasteiger partial charge in [0.05, 0.1) is 19.8 Å². The Kier molecular flexibility index (Phi) is 8.61. The van der Waals surface area contributed by atoms with Crippen molar-refractivity contribution in [1.29, 1.82) is 0 Å². The lowest BCUT2D eigenvalue weighted by Crippen LogP contribution is -2.54. The minimum atomic E-state index is -1.36. The van der Waals surface area contributed by atoms with Crippen LogP contribution < -0.4 is 4.74 Å². The number of hydrogen-bond donors (Lipinski definition) is 1. The second-order valence-corrected chi connectivity index (χ2v) is 9.60. The highest BCUT2D eigenvalue weighted by molar-refractivity contribution is 6.01. The number of amides is 1. The van der Waals surface area contributed by atoms with Gasteiger partial charge in [-0.25, -0.2) is 4.99 Å². The first-order valence-electron chi connectivity index (χ1n) is 13.3. The van der Waals surface area contributed by atoms with E-state index in [0.29, 0.717) is 67.8 Å². The predicted molar refractivity (Wildman–Crippen MR) is 150 cm³/mol. The van der Waals surface area contributed by atoms with Gasteiger partial charge in [-0.3, -0.25) is 4.79 Å². The summed E-state index contributed by atoms with van der Waals surface area (Å²) in [6, 6.07) is 24.2. The monoisotopic (exact) mass is 541 g/mol. The number of ether oxygens (including phenoxy) is 3. The summed E-state index contributed by atoms with van der Waals surface area (Å²) in [6.07, 6.45) is -0.0116. The number of carbonyl (C=O) groups excluding carboxylic acids is 1. The molecule has 1 fully saturated rings. The maximum atomic E-state index is 14.5. The number of aliphatic hydroxyl groups excluding tert-OH is 1. The highest BCUT2D eigenvalue weighted by atomic mass is 16.5. The average Bonchev–Trinajstić information content (AvgIpc) is 3.39. The standard InChI is InChI=1S/C30H31N5O5/c31-34-33-26-10-5-4-9-24(26)21-30(29(37)35-15-19-38-20-16-35)27(22-7-2-1-3-8-22)40-28(32-30)23-11-13-25(14-12-23)39-18-6-17-36/h1-5,7-14,27,36H,6,15-21H2/t27-,30-/m1/s1. The van der Waals surface area contributed by atoms with Crippen molar-refractivity contribution in [1.82, 2.24) is 4.90 Å². The highest BCUT2D eigenvalue weighted by Crippen LogP contribution is 2.44. The molecule has 3 aromatic rings. The van der Waals surface area contributed by atoms with Gasteiger partial charge in [0.2, 0.25) is 5.90 Å². The maximum absolute atomic E-state index is 14.5. The van der Waals surface area contributed by atoms with E-state index in [4.69, 9.17) is 24.3 Å². The first kappa shape index (κ1) is 27.2. The molecule has 0 unspecified atom stereocenters. The quantitative estimate of drug-likeness (QED) is 0.171. The Balaban J connectivity index is 1.61. The van der Waals surface area contributed by atoms with E-state index in [1.165, 1.54) is 0 Å². The third-order valence-electron chi connectivity index (χ3n) is 7.01. The molecule has 2 atom stereocenters. The molecule has 0 saturated carbocycles. The Bertz CT molecular complexity index is 1390. The van der Waals surface area contributed by atoms with Crippen molar-refractivity contribution >= 4 is 17.5 Å². The molecule has 1 amide bonds. The molecule has 0 aliphatic carbocycles. The van der Waals surface area contributed by atoms with E-state index < -0.39 is 11.6 Å². The summed E-state index contributed by atoms with van der Waals surface area (Å²) in [7, 11) is 0. The molecule has 1 saturated heterocycles. The number of morpholine rings is 1. The van der Waals surface area contributed by atoms with E-state index in [1.807, 2.05) is 66.7 Å². The van der Waals surface area contributed by atoms with Gasteiger partial charge in [-0.15, -0.1) is 0 Å². The van der Waals surface area contributed by atoms with E-state index >= 15 is 0 Å². The molecule has 0 spiro atoms. The van der Waals surface area contributed by atoms with Gasteiger partial charge in [-0.05, 0) is 40.9 Å². The molecular weight excluding hydrogens is 510 g/mol. The van der Waals surface area contributed by atoms with Crippen LogP contribution >= 0.6 is 0 Å². The fourth-order valence-corrected chi connectivity index (χ4v) is 5.03. The summed E-state index contributed by atoms with van der Waals surface area (Å²) in [5.41, 5.74) is 10.5. The van der Waals surface area contributed by atoms with Crippen LogP contribution in [0.1, 0.15) is 29.2 Å². The number of azide groups is 1. The second-order valence-electron chi connectivity index (χ2n) is 9.60. The number of benzene rings is 3. The van der Waals surface area contributed by atoms with Gasteiger partial charge in [0.1, 0.15) is 5.75 Å². The van der Waals surface area contributed by atoms with Crippen molar-refractivity contribution in [3.05, 3.63) is 106 Å². The summed E-state index contributed by atoms with van der Waals surface area (Å²) in [6.45, 7) is 2.26. The van der Waals surface area contributed by atoms with E-state index in [9.17, 15) is 10.3 Å². The number of nitrogens with zero attached hydrogens (tertiary/aromatic N) is 5. The third-order valence-corrected chi connectivity index (χ3v) is 7.01. The van der Waals surface area contributed by atoms with E-state index in [1.54, 1.807) is 17.0 Å². The molecular formula is C30H31N5O5. The molecule has 0 aromatic heterocycles. The number of aliphatic imine (C=N–C) groups is 1. The molecule has 5 rings (SSSR count). The van der Waals surface area contributed by atoms with Gasteiger partial charge in [-0.1, -0.05) is 59.7 Å². The Morgan fingerprint density at radius 1 is 1.07 bits per heavy atom. The van der Waals surface area contributed by atoms with Crippen LogP contribution in [0.2, 0.25) is 0 Å². The molecule has 206 valence electrons. The van der Waals surface area contributed by atoms with Gasteiger partial charge in [-0.2, -0.15) is 0 Å². The summed E-state index contributed by atoms with van der Waals surface area (Å²) < 4.78 is 17.8. The molecule has 0 bridgehead atoms. The molecule has 0 radical (unpaired) electrons. The summed E-state index contributed by atoms with van der Waals surface area (Å²) >= 11 is 0. The zero-order valence-corrected chi connectivity index (χ0v) is 22.1. The second kappa shape index (κ2) is 12.7. The van der Waals surface area contributed by atoms with Gasteiger partial charge in [0.15, 0.2) is 11.6 Å². The van der Waals surface area contributed by atoms with E-state index in [-0.39, 0.29) is 18.9 Å². The number of aliphatic hydroxyl groups is 1. The zero-order valence-electron chi connectivity index (χ0n) is 22.1. The van der Waals surface area contributed by atoms with E-state index in [2.05, 4.69) is 10.0 Å². The molecule has 2 heterocycles. The van der Waals surface area contributed by atoms with Crippen LogP contribution in [0.3, 0.4) is 0 Å². The number of hydrogen-bond acceptors (Lipinski definition) is 7. The average molecular weight is 542 g/mol. The lowest BCUT2D eigenvalue weighted by atomic mass is 9.81. The van der Waals surface area contributed by atoms with Crippen molar-refractivity contribution < 1.29 is 24.1 Å². The van der Waals surface area contributed by atoms with Crippen LogP contribution in [0.15, 0.2) is 89.0 Å². The zero-order chi connectivity index (χ0) is 27.8. The Morgan fingerprint density at radius 3 is 2.52 bits per heavy atom. The van der Waals surface area contributed by atoms with Crippen LogP contribution in [0.5, 0.6) is 5.75 Å². The first-order valence-corrected chi connectivity index (χ1v) is 13.3. The fraction of sp³-hybridized carbons (Fsp3) is 0.333. The molecule has 2 aliphatic rings. The Labute approximate surface area is 232 Å². The lowest BCUT2D eigenvalue weighted by molar-refractivity contribution is -0.143. The molecule has 40 heavy (non-hydrogen) atoms. The summed E-state index contributed by atoms with van der Waals surface area (Å²) in [5, 5.41) is 12.9. The first-order chi connectivity index (χ1) is 19.6. The van der Waals surface area contributed by atoms with Crippen molar-refractivity contribution in [2.24, 2.45) is 10.1 Å². The largest absolute Gasteiger partial charge is 0.494 e. The topological polar surface area (TPSA) is 129 Å². The van der Waals surface area contributed by atoms with Gasteiger partial charge < -0.3 is 24.2 Å². The SMILES string of the molecule is [N-]=[N+]=Nc1ccccc1C[C@@]1(C(=O)N2CCOCC2)N=C(c2ccc(OCCCO)cc2)O[C@@H]1c1ccccc1. The van der Waals surface area contributed by atoms with Gasteiger partial charge in [0.25, 0.3) is 5.91 Å². The Morgan fingerprint density at radius 2 is 1.80 bits per heavy atom.